The molecular weight excluding hydrogens is 200 g/mol. The molecule has 0 aliphatic carbocycles. The average Bonchev–Trinajstić information content (AvgIpc) is 2.27. The molecule has 1 nitrogen and oxygen atoms in total. The molecule has 0 N–H and O–H groups in total. The summed E-state index contributed by atoms with van der Waals surface area (Å²) in [5.74, 6) is 4.03. The fraction of sp³-hybridized carbons (Fsp3) is 0.231. The van der Waals surface area contributed by atoms with E-state index in [9.17, 15) is 0 Å². The van der Waals surface area contributed by atoms with Crippen molar-refractivity contribution >= 4 is 8.07 Å². The third-order valence-electron chi connectivity index (χ3n) is 2.13. The Morgan fingerprint density at radius 2 is 1.87 bits per heavy atom. The zero-order chi connectivity index (χ0) is 11.3. The first-order valence-electron chi connectivity index (χ1n) is 4.88. The number of benzene rings is 1. The first-order chi connectivity index (χ1) is 7.07. The summed E-state index contributed by atoms with van der Waals surface area (Å²) in [4.78, 5) is 0. The van der Waals surface area contributed by atoms with Gasteiger partial charge in [0.2, 0.25) is 0 Å². The topological polar surface area (TPSA) is 9.23 Å². The van der Waals surface area contributed by atoms with E-state index in [-0.39, 0.29) is 0 Å². The van der Waals surface area contributed by atoms with Crippen LogP contribution in [-0.4, -0.2) is 15.2 Å². The number of rotatable bonds is 2. The zero-order valence-electron chi connectivity index (χ0n) is 9.50. The van der Waals surface area contributed by atoms with E-state index in [0.717, 1.165) is 11.3 Å². The van der Waals surface area contributed by atoms with Crippen molar-refractivity contribution in [1.82, 2.24) is 0 Å². The summed E-state index contributed by atoms with van der Waals surface area (Å²) in [5, 5.41) is 0. The summed E-state index contributed by atoms with van der Waals surface area (Å²) in [6, 6.07) is 7.79. The molecule has 0 radical (unpaired) electrons. The normalized spacial score (nSPS) is 10.1. The van der Waals surface area contributed by atoms with Gasteiger partial charge in [0.25, 0.3) is 0 Å². The van der Waals surface area contributed by atoms with Gasteiger partial charge in [0.05, 0.1) is 7.11 Å². The summed E-state index contributed by atoms with van der Waals surface area (Å²) >= 11 is 0. The van der Waals surface area contributed by atoms with Crippen LogP contribution in [0.5, 0.6) is 5.75 Å². The van der Waals surface area contributed by atoms with Gasteiger partial charge in [-0.25, -0.2) is 0 Å². The molecule has 0 spiro atoms. The molecule has 0 bridgehead atoms. The predicted octanol–water partition coefficient (Wildman–Crippen LogP) is 3.02. The van der Waals surface area contributed by atoms with Gasteiger partial charge >= 0.3 is 0 Å². The molecule has 0 amide bonds. The molecule has 0 saturated carbocycles. The Morgan fingerprint density at radius 3 is 2.33 bits per heavy atom. The lowest BCUT2D eigenvalue weighted by Gasteiger charge is -2.05. The third kappa shape index (κ3) is 3.65. The van der Waals surface area contributed by atoms with E-state index in [2.05, 4.69) is 31.1 Å². The first kappa shape index (κ1) is 11.6. The van der Waals surface area contributed by atoms with Crippen molar-refractivity contribution < 1.29 is 4.74 Å². The van der Waals surface area contributed by atoms with E-state index in [1.54, 1.807) is 7.11 Å². The molecular formula is C13H16OSi. The maximum atomic E-state index is 5.08. The summed E-state index contributed by atoms with van der Waals surface area (Å²) in [6.45, 7) is 8.17. The molecule has 1 rings (SSSR count). The smallest absolute Gasteiger partial charge is 0.155 e. The van der Waals surface area contributed by atoms with Crippen LogP contribution in [0, 0.1) is 11.5 Å². The lowest BCUT2D eigenvalue weighted by Crippen LogP contribution is -2.19. The predicted molar refractivity (Wildman–Crippen MR) is 67.6 cm³/mol. The second-order valence-electron chi connectivity index (χ2n) is 3.90. The molecule has 78 valence electrons. The second kappa shape index (κ2) is 4.86. The second-order valence-corrected chi connectivity index (χ2v) is 8.01. The van der Waals surface area contributed by atoms with Crippen molar-refractivity contribution in [2.75, 3.05) is 7.11 Å². The van der Waals surface area contributed by atoms with Gasteiger partial charge < -0.3 is 4.74 Å². The SMILES string of the molecule is C=C[Si](C)(C)C#Cc1ccc(OC)cc1. The Labute approximate surface area is 92.8 Å². The van der Waals surface area contributed by atoms with Gasteiger partial charge in [0.15, 0.2) is 8.07 Å². The van der Waals surface area contributed by atoms with Gasteiger partial charge in [-0.3, -0.25) is 0 Å². The molecule has 0 fully saturated rings. The van der Waals surface area contributed by atoms with Crippen molar-refractivity contribution in [2.45, 2.75) is 13.1 Å². The van der Waals surface area contributed by atoms with Gasteiger partial charge in [-0.2, -0.15) is 0 Å². The molecule has 0 aromatic heterocycles. The van der Waals surface area contributed by atoms with Crippen LogP contribution in [-0.2, 0) is 0 Å². The fourth-order valence-corrected chi connectivity index (χ4v) is 1.53. The van der Waals surface area contributed by atoms with Crippen LogP contribution in [0.3, 0.4) is 0 Å². The lowest BCUT2D eigenvalue weighted by atomic mass is 10.2. The summed E-state index contributed by atoms with van der Waals surface area (Å²) in [5.41, 5.74) is 6.31. The number of ether oxygens (including phenoxy) is 1. The Kier molecular flexibility index (Phi) is 3.76. The molecule has 0 atom stereocenters. The van der Waals surface area contributed by atoms with Gasteiger partial charge in [-0.15, -0.1) is 12.1 Å². The molecule has 1 aromatic rings. The molecule has 0 heterocycles. The number of hydrogen-bond acceptors (Lipinski definition) is 1. The standard InChI is InChI=1S/C13H16OSi/c1-5-15(3,4)11-10-12-6-8-13(14-2)9-7-12/h5-9H,1H2,2-4H3. The maximum Gasteiger partial charge on any atom is 0.155 e. The minimum absolute atomic E-state index is 0.862. The summed E-state index contributed by atoms with van der Waals surface area (Å²) in [6.07, 6.45) is 0. The van der Waals surface area contributed by atoms with Crippen molar-refractivity contribution in [1.29, 1.82) is 0 Å². The molecule has 0 aliphatic heterocycles. The highest BCUT2D eigenvalue weighted by molar-refractivity contribution is 6.89. The zero-order valence-corrected chi connectivity index (χ0v) is 10.5. The highest BCUT2D eigenvalue weighted by Gasteiger charge is 2.10. The van der Waals surface area contributed by atoms with Crippen molar-refractivity contribution in [3.63, 3.8) is 0 Å². The lowest BCUT2D eigenvalue weighted by molar-refractivity contribution is 0.415. The largest absolute Gasteiger partial charge is 0.497 e. The Bertz CT molecular complexity index is 393. The van der Waals surface area contributed by atoms with Crippen LogP contribution >= 0.6 is 0 Å². The van der Waals surface area contributed by atoms with Crippen LogP contribution in [0.1, 0.15) is 5.56 Å². The fourth-order valence-electron chi connectivity index (χ4n) is 0.959. The highest BCUT2D eigenvalue weighted by atomic mass is 28.3. The van der Waals surface area contributed by atoms with E-state index in [1.165, 1.54) is 0 Å². The van der Waals surface area contributed by atoms with Gasteiger partial charge in [-0.05, 0) is 24.3 Å². The molecule has 1 aromatic carbocycles. The van der Waals surface area contributed by atoms with Crippen molar-refractivity contribution in [3.05, 3.63) is 42.1 Å². The average molecular weight is 216 g/mol. The summed E-state index contributed by atoms with van der Waals surface area (Å²) in [7, 11) is 0.151. The van der Waals surface area contributed by atoms with E-state index >= 15 is 0 Å². The van der Waals surface area contributed by atoms with Crippen LogP contribution < -0.4 is 4.74 Å². The summed E-state index contributed by atoms with van der Waals surface area (Å²) < 4.78 is 5.08. The molecule has 0 saturated heterocycles. The Hall–Kier alpha value is -1.46. The number of hydrogen-bond donors (Lipinski definition) is 0. The monoisotopic (exact) mass is 216 g/mol. The van der Waals surface area contributed by atoms with Crippen LogP contribution in [0.4, 0.5) is 0 Å². The first-order valence-corrected chi connectivity index (χ1v) is 7.96. The molecule has 15 heavy (non-hydrogen) atoms. The number of methoxy groups -OCH3 is 1. The third-order valence-corrected chi connectivity index (χ3v) is 3.92. The van der Waals surface area contributed by atoms with Crippen molar-refractivity contribution in [3.8, 4) is 17.2 Å². The van der Waals surface area contributed by atoms with Gasteiger partial charge in [-0.1, -0.05) is 24.7 Å². The maximum absolute atomic E-state index is 5.08. The molecule has 0 unspecified atom stereocenters. The highest BCUT2D eigenvalue weighted by Crippen LogP contribution is 2.10. The minimum Gasteiger partial charge on any atom is -0.497 e. The Morgan fingerprint density at radius 1 is 1.27 bits per heavy atom. The van der Waals surface area contributed by atoms with Gasteiger partial charge in [0.1, 0.15) is 5.75 Å². The van der Waals surface area contributed by atoms with Crippen LogP contribution in [0.15, 0.2) is 36.5 Å². The molecule has 0 aliphatic rings. The quantitative estimate of drug-likeness (QED) is 0.545. The minimum atomic E-state index is -1.51. The molecule has 2 heteroatoms. The van der Waals surface area contributed by atoms with E-state index in [4.69, 9.17) is 4.74 Å². The van der Waals surface area contributed by atoms with Crippen molar-refractivity contribution in [2.24, 2.45) is 0 Å². The van der Waals surface area contributed by atoms with E-state index < -0.39 is 8.07 Å². The van der Waals surface area contributed by atoms with E-state index in [0.29, 0.717) is 0 Å². The Balaban J connectivity index is 2.85. The van der Waals surface area contributed by atoms with E-state index in [1.807, 2.05) is 30.0 Å². The van der Waals surface area contributed by atoms with Gasteiger partial charge in [0, 0.05) is 5.56 Å². The van der Waals surface area contributed by atoms with Crippen LogP contribution in [0.2, 0.25) is 13.1 Å². The van der Waals surface area contributed by atoms with Crippen LogP contribution in [0.25, 0.3) is 0 Å².